The van der Waals surface area contributed by atoms with Crippen molar-refractivity contribution in [2.75, 3.05) is 0 Å². The lowest BCUT2D eigenvalue weighted by Gasteiger charge is -2.09. The van der Waals surface area contributed by atoms with Crippen molar-refractivity contribution in [3.63, 3.8) is 0 Å². The molecule has 3 aliphatic carbocycles. The van der Waals surface area contributed by atoms with E-state index in [0.29, 0.717) is 0 Å². The molecule has 0 heterocycles. The van der Waals surface area contributed by atoms with E-state index in [1.54, 1.807) is 0 Å². The van der Waals surface area contributed by atoms with Gasteiger partial charge in [-0.2, -0.15) is 0 Å². The molecule has 1 nitrogen and oxygen atoms in total. The molecule has 0 aliphatic heterocycles. The van der Waals surface area contributed by atoms with Gasteiger partial charge in [0.05, 0.1) is 6.10 Å². The van der Waals surface area contributed by atoms with Gasteiger partial charge >= 0.3 is 0 Å². The van der Waals surface area contributed by atoms with Crippen molar-refractivity contribution in [1.29, 1.82) is 0 Å². The molecule has 1 N–H and O–H groups in total. The van der Waals surface area contributed by atoms with Crippen LogP contribution in [0.3, 0.4) is 0 Å². The molecule has 3 saturated carbocycles. The first kappa shape index (κ1) is 9.21. The second kappa shape index (κ2) is 3.52. The topological polar surface area (TPSA) is 20.2 Å². The van der Waals surface area contributed by atoms with Crippen LogP contribution in [-0.4, -0.2) is 11.2 Å². The molecule has 0 aromatic heterocycles. The Hall–Kier alpha value is -0.0400. The lowest BCUT2D eigenvalue weighted by molar-refractivity contribution is 0.126. The summed E-state index contributed by atoms with van der Waals surface area (Å²) in [6, 6.07) is 0. The Morgan fingerprint density at radius 2 is 1.64 bits per heavy atom. The standard InChI is InChI=1S/C13H22O/c14-12(8-7-9-5-6-9)13-10-3-1-2-4-11(10)13/h9-14H,1-8H2. The van der Waals surface area contributed by atoms with Crippen LogP contribution in [0, 0.1) is 23.7 Å². The van der Waals surface area contributed by atoms with Crippen molar-refractivity contribution in [2.45, 2.75) is 57.5 Å². The van der Waals surface area contributed by atoms with Gasteiger partial charge in [-0.1, -0.05) is 25.7 Å². The zero-order valence-electron chi connectivity index (χ0n) is 8.99. The zero-order valence-corrected chi connectivity index (χ0v) is 8.99. The van der Waals surface area contributed by atoms with Crippen LogP contribution in [0.5, 0.6) is 0 Å². The van der Waals surface area contributed by atoms with Crippen LogP contribution in [0.15, 0.2) is 0 Å². The van der Waals surface area contributed by atoms with E-state index in [9.17, 15) is 5.11 Å². The van der Waals surface area contributed by atoms with Crippen LogP contribution in [0.4, 0.5) is 0 Å². The van der Waals surface area contributed by atoms with Crippen molar-refractivity contribution < 1.29 is 5.11 Å². The van der Waals surface area contributed by atoms with Crippen LogP contribution in [0.25, 0.3) is 0 Å². The summed E-state index contributed by atoms with van der Waals surface area (Å²) in [5.74, 6) is 3.57. The van der Waals surface area contributed by atoms with Crippen LogP contribution >= 0.6 is 0 Å². The molecule has 0 radical (unpaired) electrons. The summed E-state index contributed by atoms with van der Waals surface area (Å²) in [5, 5.41) is 10.1. The van der Waals surface area contributed by atoms with Gasteiger partial charge in [-0.15, -0.1) is 0 Å². The van der Waals surface area contributed by atoms with Gasteiger partial charge in [-0.25, -0.2) is 0 Å². The number of hydrogen-bond donors (Lipinski definition) is 1. The molecule has 14 heavy (non-hydrogen) atoms. The first-order valence-electron chi connectivity index (χ1n) is 6.54. The number of aliphatic hydroxyl groups excluding tert-OH is 1. The molecule has 0 spiro atoms. The Balaban J connectivity index is 1.45. The van der Waals surface area contributed by atoms with E-state index in [1.165, 1.54) is 44.9 Å². The van der Waals surface area contributed by atoms with Crippen LogP contribution < -0.4 is 0 Å². The molecule has 0 aromatic carbocycles. The van der Waals surface area contributed by atoms with E-state index in [4.69, 9.17) is 0 Å². The minimum absolute atomic E-state index is 0.0590. The third-order valence-electron chi connectivity index (χ3n) is 4.73. The molecule has 80 valence electrons. The van der Waals surface area contributed by atoms with Crippen LogP contribution in [0.2, 0.25) is 0 Å². The summed E-state index contributed by atoms with van der Waals surface area (Å²) in [5.41, 5.74) is 0. The van der Waals surface area contributed by atoms with E-state index in [0.717, 1.165) is 30.1 Å². The summed E-state index contributed by atoms with van der Waals surface area (Å²) >= 11 is 0. The first-order chi connectivity index (χ1) is 6.86. The molecule has 1 heteroatoms. The highest BCUT2D eigenvalue weighted by atomic mass is 16.3. The fraction of sp³-hybridized carbons (Fsp3) is 1.00. The van der Waals surface area contributed by atoms with E-state index < -0.39 is 0 Å². The summed E-state index contributed by atoms with van der Waals surface area (Å²) < 4.78 is 0. The fourth-order valence-corrected chi connectivity index (χ4v) is 3.62. The molecule has 3 atom stereocenters. The van der Waals surface area contributed by atoms with E-state index in [1.807, 2.05) is 0 Å². The third kappa shape index (κ3) is 1.71. The molecule has 0 aromatic rings. The Morgan fingerprint density at radius 3 is 2.21 bits per heavy atom. The molecule has 0 saturated heterocycles. The van der Waals surface area contributed by atoms with Gasteiger partial charge in [-0.05, 0) is 49.4 Å². The predicted octanol–water partition coefficient (Wildman–Crippen LogP) is 2.97. The molecule has 3 aliphatic rings. The maximum absolute atomic E-state index is 10.1. The minimum atomic E-state index is 0.0590. The van der Waals surface area contributed by atoms with Crippen LogP contribution in [0.1, 0.15) is 51.4 Å². The quantitative estimate of drug-likeness (QED) is 0.729. The number of aliphatic hydroxyl groups is 1. The summed E-state index contributed by atoms with van der Waals surface area (Å²) in [6.07, 6.45) is 11.0. The molecule has 3 fully saturated rings. The average molecular weight is 194 g/mol. The van der Waals surface area contributed by atoms with Crippen molar-refractivity contribution >= 4 is 0 Å². The predicted molar refractivity (Wildman–Crippen MR) is 56.9 cm³/mol. The number of hydrogen-bond acceptors (Lipinski definition) is 1. The number of fused-ring (bicyclic) bond motifs is 1. The molecular formula is C13H22O. The zero-order chi connectivity index (χ0) is 9.54. The number of rotatable bonds is 4. The highest BCUT2D eigenvalue weighted by molar-refractivity contribution is 5.02. The Bertz CT molecular complexity index is 197. The minimum Gasteiger partial charge on any atom is -0.393 e. The van der Waals surface area contributed by atoms with Gasteiger partial charge in [0.2, 0.25) is 0 Å². The first-order valence-corrected chi connectivity index (χ1v) is 6.54. The Morgan fingerprint density at radius 1 is 1.00 bits per heavy atom. The second-order valence-corrected chi connectivity index (χ2v) is 5.78. The third-order valence-corrected chi connectivity index (χ3v) is 4.73. The van der Waals surface area contributed by atoms with E-state index >= 15 is 0 Å². The Kier molecular flexibility index (Phi) is 2.31. The normalized spacial score (nSPS) is 43.1. The smallest absolute Gasteiger partial charge is 0.0574 e. The molecule has 3 rings (SSSR count). The van der Waals surface area contributed by atoms with Crippen molar-refractivity contribution in [2.24, 2.45) is 23.7 Å². The van der Waals surface area contributed by atoms with Gasteiger partial charge in [0.25, 0.3) is 0 Å². The average Bonchev–Trinajstić information content (AvgIpc) is 3.09. The van der Waals surface area contributed by atoms with E-state index in [2.05, 4.69) is 0 Å². The molecular weight excluding hydrogens is 172 g/mol. The summed E-state index contributed by atoms with van der Waals surface area (Å²) in [7, 11) is 0. The SMILES string of the molecule is OC(CCC1CC1)C1C2CCCCC21. The molecule has 0 amide bonds. The van der Waals surface area contributed by atoms with Gasteiger partial charge in [0, 0.05) is 0 Å². The van der Waals surface area contributed by atoms with Gasteiger partial charge in [0.1, 0.15) is 0 Å². The second-order valence-electron chi connectivity index (χ2n) is 5.78. The Labute approximate surface area is 86.9 Å². The van der Waals surface area contributed by atoms with Crippen LogP contribution in [-0.2, 0) is 0 Å². The van der Waals surface area contributed by atoms with Gasteiger partial charge < -0.3 is 5.11 Å². The monoisotopic (exact) mass is 194 g/mol. The maximum atomic E-state index is 10.1. The molecule has 0 bridgehead atoms. The molecule has 3 unspecified atom stereocenters. The van der Waals surface area contributed by atoms with Gasteiger partial charge in [0.15, 0.2) is 0 Å². The van der Waals surface area contributed by atoms with Crippen molar-refractivity contribution in [1.82, 2.24) is 0 Å². The maximum Gasteiger partial charge on any atom is 0.0574 e. The fourth-order valence-electron chi connectivity index (χ4n) is 3.62. The lowest BCUT2D eigenvalue weighted by atomic mass is 10.0. The highest BCUT2D eigenvalue weighted by Gasteiger charge is 2.53. The largest absolute Gasteiger partial charge is 0.393 e. The van der Waals surface area contributed by atoms with Gasteiger partial charge in [-0.3, -0.25) is 0 Å². The summed E-state index contributed by atoms with van der Waals surface area (Å²) in [6.45, 7) is 0. The lowest BCUT2D eigenvalue weighted by Crippen LogP contribution is -2.11. The highest BCUT2D eigenvalue weighted by Crippen LogP contribution is 2.57. The van der Waals surface area contributed by atoms with Crippen molar-refractivity contribution in [3.8, 4) is 0 Å². The van der Waals surface area contributed by atoms with E-state index in [-0.39, 0.29) is 6.10 Å². The van der Waals surface area contributed by atoms with Crippen molar-refractivity contribution in [3.05, 3.63) is 0 Å². The summed E-state index contributed by atoms with van der Waals surface area (Å²) in [4.78, 5) is 0.